The molecule has 1 aromatic heterocycles. The first-order valence-electron chi connectivity index (χ1n) is 6.05. The Morgan fingerprint density at radius 1 is 1.26 bits per heavy atom. The number of aromatic nitrogens is 1. The van der Waals surface area contributed by atoms with Crippen LogP contribution in [-0.2, 0) is 4.74 Å². The lowest BCUT2D eigenvalue weighted by Crippen LogP contribution is -2.08. The van der Waals surface area contributed by atoms with E-state index < -0.39 is 19.1 Å². The summed E-state index contributed by atoms with van der Waals surface area (Å²) < 4.78 is 28.5. The molecule has 0 aliphatic carbocycles. The Hall–Kier alpha value is -1.59. The number of aliphatic hydroxyl groups is 1. The topological polar surface area (TPSA) is 42.4 Å². The molecule has 2 rings (SSSR count). The van der Waals surface area contributed by atoms with Gasteiger partial charge in [0.25, 0.3) is 6.43 Å². The van der Waals surface area contributed by atoms with Crippen LogP contribution in [0.25, 0.3) is 10.9 Å². The molecule has 5 heteroatoms. The Labute approximate surface area is 109 Å². The molecule has 1 heterocycles. The molecule has 0 aliphatic heterocycles. The number of halogens is 2. The summed E-state index contributed by atoms with van der Waals surface area (Å²) in [5, 5.41) is 10.9. The van der Waals surface area contributed by atoms with Crippen LogP contribution in [0.5, 0.6) is 0 Å². The van der Waals surface area contributed by atoms with E-state index in [1.165, 1.54) is 0 Å². The second-order valence-corrected chi connectivity index (χ2v) is 4.23. The summed E-state index contributed by atoms with van der Waals surface area (Å²) in [4.78, 5) is 4.20. The van der Waals surface area contributed by atoms with Crippen LogP contribution in [0.2, 0.25) is 0 Å². The van der Waals surface area contributed by atoms with Crippen LogP contribution in [0.1, 0.15) is 18.1 Å². The van der Waals surface area contributed by atoms with Crippen molar-refractivity contribution in [1.82, 2.24) is 4.98 Å². The van der Waals surface area contributed by atoms with Crippen molar-refractivity contribution in [3.8, 4) is 0 Å². The Kier molecular flexibility index (Phi) is 4.76. The molecule has 0 aliphatic rings. The maximum absolute atomic E-state index is 11.9. The van der Waals surface area contributed by atoms with Gasteiger partial charge in [0.1, 0.15) is 6.61 Å². The molecule has 0 bridgehead atoms. The van der Waals surface area contributed by atoms with E-state index in [9.17, 15) is 13.9 Å². The Bertz CT molecular complexity index is 534. The Morgan fingerprint density at radius 2 is 2.11 bits per heavy atom. The lowest BCUT2D eigenvalue weighted by Gasteiger charge is -2.11. The number of aliphatic hydroxyl groups excluding tert-OH is 1. The molecule has 1 unspecified atom stereocenters. The number of fused-ring (bicyclic) bond motifs is 1. The molecular weight excluding hydrogens is 252 g/mol. The largest absolute Gasteiger partial charge is 0.388 e. The molecule has 3 nitrogen and oxygen atoms in total. The van der Waals surface area contributed by atoms with Gasteiger partial charge in [-0.05, 0) is 17.7 Å². The maximum atomic E-state index is 11.9. The van der Waals surface area contributed by atoms with E-state index in [0.717, 1.165) is 10.9 Å². The van der Waals surface area contributed by atoms with Crippen LogP contribution in [0, 0.1) is 0 Å². The molecule has 0 radical (unpaired) electrons. The van der Waals surface area contributed by atoms with Crippen molar-refractivity contribution in [1.29, 1.82) is 0 Å². The van der Waals surface area contributed by atoms with Gasteiger partial charge >= 0.3 is 0 Å². The van der Waals surface area contributed by atoms with Gasteiger partial charge in [-0.2, -0.15) is 0 Å². The molecule has 19 heavy (non-hydrogen) atoms. The Balaban J connectivity index is 1.95. The highest BCUT2D eigenvalue weighted by atomic mass is 19.3. The van der Waals surface area contributed by atoms with Crippen LogP contribution in [0.15, 0.2) is 36.5 Å². The van der Waals surface area contributed by atoms with Gasteiger partial charge in [-0.3, -0.25) is 4.98 Å². The fraction of sp³-hybridized carbons (Fsp3) is 0.357. The van der Waals surface area contributed by atoms with Gasteiger partial charge in [0.15, 0.2) is 0 Å². The third-order valence-corrected chi connectivity index (χ3v) is 2.79. The van der Waals surface area contributed by atoms with Gasteiger partial charge in [0.05, 0.1) is 11.6 Å². The lowest BCUT2D eigenvalue weighted by atomic mass is 10.0. The summed E-state index contributed by atoms with van der Waals surface area (Å²) in [6.07, 6.45) is -1.24. The van der Waals surface area contributed by atoms with Gasteiger partial charge in [-0.25, -0.2) is 8.78 Å². The first-order valence-corrected chi connectivity index (χ1v) is 6.05. The second kappa shape index (κ2) is 6.54. The number of nitrogens with zero attached hydrogens (tertiary/aromatic N) is 1. The normalized spacial score (nSPS) is 13.1. The lowest BCUT2D eigenvalue weighted by molar-refractivity contribution is 0.00482. The standard InChI is InChI=1S/C14H15F2NO2/c15-14(16)9-19-7-5-13(18)11-4-3-10-2-1-6-17-12(10)8-11/h1-4,6,8,13-14,18H,5,7,9H2. The average Bonchev–Trinajstić information content (AvgIpc) is 2.42. The number of hydrogen-bond acceptors (Lipinski definition) is 3. The zero-order valence-electron chi connectivity index (χ0n) is 10.3. The van der Waals surface area contributed by atoms with Crippen molar-refractivity contribution >= 4 is 10.9 Å². The SMILES string of the molecule is OC(CCOCC(F)F)c1ccc2cccnc2c1. The van der Waals surface area contributed by atoms with E-state index in [-0.39, 0.29) is 13.0 Å². The smallest absolute Gasteiger partial charge is 0.261 e. The second-order valence-electron chi connectivity index (χ2n) is 4.23. The molecule has 0 amide bonds. The minimum atomic E-state index is -2.47. The molecule has 0 spiro atoms. The molecule has 102 valence electrons. The summed E-state index contributed by atoms with van der Waals surface area (Å²) in [6, 6.07) is 9.26. The molecule has 1 aromatic carbocycles. The van der Waals surface area contributed by atoms with Crippen LogP contribution in [-0.4, -0.2) is 29.7 Å². The predicted molar refractivity (Wildman–Crippen MR) is 68.1 cm³/mol. The number of alkyl halides is 2. The number of pyridine rings is 1. The van der Waals surface area contributed by atoms with Crippen LogP contribution < -0.4 is 0 Å². The minimum Gasteiger partial charge on any atom is -0.388 e. The summed E-state index contributed by atoms with van der Waals surface area (Å²) in [7, 11) is 0. The molecule has 1 N–H and O–H groups in total. The third-order valence-electron chi connectivity index (χ3n) is 2.79. The minimum absolute atomic E-state index is 0.103. The van der Waals surface area contributed by atoms with Crippen molar-refractivity contribution in [2.45, 2.75) is 19.0 Å². The average molecular weight is 267 g/mol. The third kappa shape index (κ3) is 3.94. The summed E-state index contributed by atoms with van der Waals surface area (Å²) in [6.45, 7) is -0.488. The van der Waals surface area contributed by atoms with Gasteiger partial charge in [0.2, 0.25) is 0 Å². The van der Waals surface area contributed by atoms with Crippen LogP contribution in [0.4, 0.5) is 8.78 Å². The van der Waals surface area contributed by atoms with Gasteiger partial charge < -0.3 is 9.84 Å². The zero-order chi connectivity index (χ0) is 13.7. The fourth-order valence-electron chi connectivity index (χ4n) is 1.82. The van der Waals surface area contributed by atoms with Crippen molar-refractivity contribution in [3.63, 3.8) is 0 Å². The van der Waals surface area contributed by atoms with E-state index in [2.05, 4.69) is 4.98 Å². The zero-order valence-corrected chi connectivity index (χ0v) is 10.3. The summed E-state index contributed by atoms with van der Waals surface area (Å²) in [5.41, 5.74) is 1.51. The van der Waals surface area contributed by atoms with E-state index in [4.69, 9.17) is 4.74 Å². The quantitative estimate of drug-likeness (QED) is 0.818. The van der Waals surface area contributed by atoms with Crippen molar-refractivity contribution < 1.29 is 18.6 Å². The predicted octanol–water partition coefficient (Wildman–Crippen LogP) is 2.94. The highest BCUT2D eigenvalue weighted by Gasteiger charge is 2.09. The van der Waals surface area contributed by atoms with E-state index in [1.807, 2.05) is 24.3 Å². The highest BCUT2D eigenvalue weighted by Crippen LogP contribution is 2.21. The molecule has 0 saturated heterocycles. The maximum Gasteiger partial charge on any atom is 0.261 e. The number of rotatable bonds is 6. The van der Waals surface area contributed by atoms with Crippen molar-refractivity contribution in [2.75, 3.05) is 13.2 Å². The Morgan fingerprint density at radius 3 is 2.89 bits per heavy atom. The van der Waals surface area contributed by atoms with E-state index in [1.54, 1.807) is 12.3 Å². The molecule has 0 fully saturated rings. The first kappa shape index (κ1) is 13.8. The number of benzene rings is 1. The van der Waals surface area contributed by atoms with Gasteiger partial charge in [-0.1, -0.05) is 18.2 Å². The monoisotopic (exact) mass is 267 g/mol. The number of ether oxygens (including phenoxy) is 1. The molecule has 2 aromatic rings. The molecular formula is C14H15F2NO2. The van der Waals surface area contributed by atoms with E-state index >= 15 is 0 Å². The van der Waals surface area contributed by atoms with Crippen LogP contribution >= 0.6 is 0 Å². The highest BCUT2D eigenvalue weighted by molar-refractivity contribution is 5.78. The van der Waals surface area contributed by atoms with Crippen molar-refractivity contribution in [2.24, 2.45) is 0 Å². The molecule has 1 atom stereocenters. The fourth-order valence-corrected chi connectivity index (χ4v) is 1.82. The van der Waals surface area contributed by atoms with E-state index in [0.29, 0.717) is 5.56 Å². The summed E-state index contributed by atoms with van der Waals surface area (Å²) >= 11 is 0. The number of hydrogen-bond donors (Lipinski definition) is 1. The summed E-state index contributed by atoms with van der Waals surface area (Å²) in [5.74, 6) is 0. The molecule has 0 saturated carbocycles. The van der Waals surface area contributed by atoms with Gasteiger partial charge in [0, 0.05) is 24.6 Å². The van der Waals surface area contributed by atoms with Crippen LogP contribution in [0.3, 0.4) is 0 Å². The van der Waals surface area contributed by atoms with Gasteiger partial charge in [-0.15, -0.1) is 0 Å². The van der Waals surface area contributed by atoms with Crippen molar-refractivity contribution in [3.05, 3.63) is 42.1 Å². The first-order chi connectivity index (χ1) is 9.16.